The SMILES string of the molecule is CCc1ccc(C(=O)NN(C(=O)OC(C)C)C(C)(C)C)cc1. The molecule has 0 aliphatic rings. The van der Waals surface area contributed by atoms with Gasteiger partial charge in [-0.3, -0.25) is 10.2 Å². The highest BCUT2D eigenvalue weighted by molar-refractivity contribution is 5.95. The summed E-state index contributed by atoms with van der Waals surface area (Å²) >= 11 is 0. The van der Waals surface area contributed by atoms with Gasteiger partial charge in [-0.15, -0.1) is 0 Å². The predicted molar refractivity (Wildman–Crippen MR) is 86.5 cm³/mol. The zero-order valence-electron chi connectivity index (χ0n) is 14.3. The first-order valence-electron chi connectivity index (χ1n) is 7.56. The molecule has 0 heterocycles. The highest BCUT2D eigenvalue weighted by Gasteiger charge is 2.30. The number of nitrogens with one attached hydrogen (secondary N) is 1. The van der Waals surface area contributed by atoms with Crippen LogP contribution in [0.3, 0.4) is 0 Å². The maximum absolute atomic E-state index is 12.3. The molecule has 0 fully saturated rings. The van der Waals surface area contributed by atoms with Crippen LogP contribution in [0.15, 0.2) is 24.3 Å². The fourth-order valence-corrected chi connectivity index (χ4v) is 1.80. The highest BCUT2D eigenvalue weighted by atomic mass is 16.6. The van der Waals surface area contributed by atoms with E-state index >= 15 is 0 Å². The summed E-state index contributed by atoms with van der Waals surface area (Å²) in [5.74, 6) is -0.335. The number of ether oxygens (including phenoxy) is 1. The minimum absolute atomic E-state index is 0.252. The van der Waals surface area contributed by atoms with E-state index in [1.165, 1.54) is 5.01 Å². The van der Waals surface area contributed by atoms with Crippen LogP contribution in [0, 0.1) is 0 Å². The quantitative estimate of drug-likeness (QED) is 0.869. The molecule has 1 N–H and O–H groups in total. The highest BCUT2D eigenvalue weighted by Crippen LogP contribution is 2.14. The monoisotopic (exact) mass is 306 g/mol. The van der Waals surface area contributed by atoms with Crippen molar-refractivity contribution in [3.63, 3.8) is 0 Å². The Morgan fingerprint density at radius 1 is 1.18 bits per heavy atom. The number of benzene rings is 1. The summed E-state index contributed by atoms with van der Waals surface area (Å²) in [6.07, 6.45) is 0.0932. The molecule has 5 nitrogen and oxygen atoms in total. The van der Waals surface area contributed by atoms with Crippen molar-refractivity contribution in [2.24, 2.45) is 0 Å². The van der Waals surface area contributed by atoms with Gasteiger partial charge in [0.1, 0.15) is 0 Å². The van der Waals surface area contributed by atoms with Crippen LogP contribution in [0.25, 0.3) is 0 Å². The lowest BCUT2D eigenvalue weighted by Crippen LogP contribution is -2.56. The van der Waals surface area contributed by atoms with Crippen molar-refractivity contribution < 1.29 is 14.3 Å². The van der Waals surface area contributed by atoms with E-state index in [0.29, 0.717) is 5.56 Å². The number of nitrogens with zero attached hydrogens (tertiary/aromatic N) is 1. The molecular formula is C17H26N2O3. The molecule has 1 aromatic rings. The third-order valence-corrected chi connectivity index (χ3v) is 3.03. The van der Waals surface area contributed by atoms with Gasteiger partial charge in [0.05, 0.1) is 11.6 Å². The lowest BCUT2D eigenvalue weighted by atomic mass is 10.1. The van der Waals surface area contributed by atoms with Crippen LogP contribution >= 0.6 is 0 Å². The molecular weight excluding hydrogens is 280 g/mol. The summed E-state index contributed by atoms with van der Waals surface area (Å²) in [5, 5.41) is 1.23. The minimum atomic E-state index is -0.592. The van der Waals surface area contributed by atoms with Crippen LogP contribution in [0.2, 0.25) is 0 Å². The Morgan fingerprint density at radius 2 is 1.73 bits per heavy atom. The molecule has 22 heavy (non-hydrogen) atoms. The molecule has 0 saturated carbocycles. The third kappa shape index (κ3) is 5.06. The van der Waals surface area contributed by atoms with E-state index in [4.69, 9.17) is 4.74 Å². The topological polar surface area (TPSA) is 58.6 Å². The van der Waals surface area contributed by atoms with Crippen molar-refractivity contribution in [1.82, 2.24) is 10.4 Å². The van der Waals surface area contributed by atoms with E-state index in [2.05, 4.69) is 12.3 Å². The Kier molecular flexibility index (Phi) is 5.97. The smallest absolute Gasteiger partial charge is 0.429 e. The number of hydrazine groups is 1. The first-order chi connectivity index (χ1) is 10.1. The number of carbonyl (C=O) groups is 2. The molecule has 0 aliphatic carbocycles. The van der Waals surface area contributed by atoms with Gasteiger partial charge in [0.25, 0.3) is 5.91 Å². The molecule has 122 valence electrons. The Bertz CT molecular complexity index is 516. The molecule has 0 aromatic heterocycles. The largest absolute Gasteiger partial charge is 0.445 e. The van der Waals surface area contributed by atoms with Crippen LogP contribution in [0.4, 0.5) is 4.79 Å². The number of carbonyl (C=O) groups excluding carboxylic acids is 2. The molecule has 0 aliphatic heterocycles. The van der Waals surface area contributed by atoms with Gasteiger partial charge in [0.15, 0.2) is 0 Å². The second-order valence-electron chi connectivity index (χ2n) is 6.43. The normalized spacial score (nSPS) is 11.2. The van der Waals surface area contributed by atoms with Gasteiger partial charge in [-0.25, -0.2) is 9.80 Å². The minimum Gasteiger partial charge on any atom is -0.445 e. The average Bonchev–Trinajstić information content (AvgIpc) is 2.42. The number of aryl methyl sites for hydroxylation is 1. The lowest BCUT2D eigenvalue weighted by Gasteiger charge is -2.34. The molecule has 0 atom stereocenters. The Labute approximate surface area is 132 Å². The molecule has 5 heteroatoms. The Balaban J connectivity index is 2.88. The molecule has 0 bridgehead atoms. The molecule has 2 amide bonds. The van der Waals surface area contributed by atoms with E-state index in [1.807, 2.05) is 32.9 Å². The predicted octanol–water partition coefficient (Wildman–Crippen LogP) is 3.54. The van der Waals surface area contributed by atoms with E-state index < -0.39 is 11.6 Å². The number of hydrogen-bond acceptors (Lipinski definition) is 3. The maximum atomic E-state index is 12.3. The second-order valence-corrected chi connectivity index (χ2v) is 6.43. The summed E-state index contributed by atoms with van der Waals surface area (Å²) in [5.41, 5.74) is 3.70. The lowest BCUT2D eigenvalue weighted by molar-refractivity contribution is 0.0212. The van der Waals surface area contributed by atoms with Gasteiger partial charge in [-0.2, -0.15) is 0 Å². The van der Waals surface area contributed by atoms with Gasteiger partial charge in [-0.1, -0.05) is 19.1 Å². The number of amides is 2. The zero-order valence-corrected chi connectivity index (χ0v) is 14.3. The fraction of sp³-hybridized carbons (Fsp3) is 0.529. The van der Waals surface area contributed by atoms with Gasteiger partial charge < -0.3 is 4.74 Å². The summed E-state index contributed by atoms with van der Waals surface area (Å²) in [6, 6.07) is 7.32. The van der Waals surface area contributed by atoms with Crippen molar-refractivity contribution in [3.8, 4) is 0 Å². The molecule has 0 unspecified atom stereocenters. The summed E-state index contributed by atoms with van der Waals surface area (Å²) < 4.78 is 5.18. The fourth-order valence-electron chi connectivity index (χ4n) is 1.80. The van der Waals surface area contributed by atoms with E-state index in [0.717, 1.165) is 12.0 Å². The first-order valence-corrected chi connectivity index (χ1v) is 7.56. The summed E-state index contributed by atoms with van der Waals surface area (Å²) in [6.45, 7) is 11.1. The van der Waals surface area contributed by atoms with Crippen molar-refractivity contribution in [2.45, 2.75) is 59.6 Å². The van der Waals surface area contributed by atoms with Gasteiger partial charge in [-0.05, 0) is 58.7 Å². The summed E-state index contributed by atoms with van der Waals surface area (Å²) in [4.78, 5) is 24.5. The Morgan fingerprint density at radius 3 is 2.14 bits per heavy atom. The Hall–Kier alpha value is -2.04. The summed E-state index contributed by atoms with van der Waals surface area (Å²) in [7, 11) is 0. The second kappa shape index (κ2) is 7.29. The van der Waals surface area contributed by atoms with Gasteiger partial charge >= 0.3 is 6.09 Å². The van der Waals surface area contributed by atoms with Crippen LogP contribution in [-0.2, 0) is 11.2 Å². The van der Waals surface area contributed by atoms with E-state index in [1.54, 1.807) is 26.0 Å². The van der Waals surface area contributed by atoms with Crippen molar-refractivity contribution in [1.29, 1.82) is 0 Å². The van der Waals surface area contributed by atoms with Crippen molar-refractivity contribution >= 4 is 12.0 Å². The molecule has 1 rings (SSSR count). The third-order valence-electron chi connectivity index (χ3n) is 3.03. The average molecular weight is 306 g/mol. The standard InChI is InChI=1S/C17H26N2O3/c1-7-13-8-10-14(11-9-13)15(20)18-19(17(4,5)6)16(21)22-12(2)3/h8-12H,7H2,1-6H3,(H,18,20). The number of hydrogen-bond donors (Lipinski definition) is 1. The van der Waals surface area contributed by atoms with Crippen molar-refractivity contribution in [2.75, 3.05) is 0 Å². The molecule has 1 aromatic carbocycles. The zero-order chi connectivity index (χ0) is 16.9. The van der Waals surface area contributed by atoms with Gasteiger partial charge in [0.2, 0.25) is 0 Å². The maximum Gasteiger partial charge on any atom is 0.429 e. The van der Waals surface area contributed by atoms with Crippen LogP contribution < -0.4 is 5.43 Å². The van der Waals surface area contributed by atoms with Crippen LogP contribution in [0.5, 0.6) is 0 Å². The van der Waals surface area contributed by atoms with Gasteiger partial charge in [0, 0.05) is 5.56 Å². The molecule has 0 saturated heterocycles. The number of rotatable bonds is 3. The van der Waals surface area contributed by atoms with Crippen LogP contribution in [-0.4, -0.2) is 28.7 Å². The first kappa shape index (κ1) is 18.0. The van der Waals surface area contributed by atoms with Crippen LogP contribution in [0.1, 0.15) is 57.5 Å². The van der Waals surface area contributed by atoms with E-state index in [9.17, 15) is 9.59 Å². The van der Waals surface area contributed by atoms with E-state index in [-0.39, 0.29) is 12.0 Å². The molecule has 0 spiro atoms. The van der Waals surface area contributed by atoms with Crippen molar-refractivity contribution in [3.05, 3.63) is 35.4 Å². The molecule has 0 radical (unpaired) electrons.